The minimum absolute atomic E-state index is 1.12. The summed E-state index contributed by atoms with van der Waals surface area (Å²) in [4.78, 5) is 0. The standard InChI is InChI=1S/C17H18/c1-2-9-17(16-12-7-4-8-13-16)14-15-10-5-3-6-11-15/h3-8,10-14H,2,9H2,1H3. The first kappa shape index (κ1) is 11.7. The molecule has 0 heteroatoms. The molecule has 0 nitrogen and oxygen atoms in total. The summed E-state index contributed by atoms with van der Waals surface area (Å²) in [6.45, 7) is 2.22. The molecule has 0 aliphatic heterocycles. The maximum Gasteiger partial charge on any atom is -0.0224 e. The van der Waals surface area contributed by atoms with Gasteiger partial charge in [0.25, 0.3) is 0 Å². The SMILES string of the molecule is CCCC(=Cc1ccccc1)c1ccccc1. The molecule has 0 N–H and O–H groups in total. The summed E-state index contributed by atoms with van der Waals surface area (Å²) < 4.78 is 0. The van der Waals surface area contributed by atoms with Crippen LogP contribution in [-0.2, 0) is 0 Å². The van der Waals surface area contributed by atoms with Crippen LogP contribution in [0.2, 0.25) is 0 Å². The van der Waals surface area contributed by atoms with E-state index in [0.717, 1.165) is 6.42 Å². The Morgan fingerprint density at radius 3 is 2.06 bits per heavy atom. The molecular weight excluding hydrogens is 204 g/mol. The van der Waals surface area contributed by atoms with Crippen molar-refractivity contribution in [3.63, 3.8) is 0 Å². The first-order valence-electron chi connectivity index (χ1n) is 6.21. The van der Waals surface area contributed by atoms with E-state index in [1.165, 1.54) is 23.1 Å². The van der Waals surface area contributed by atoms with Gasteiger partial charge in [-0.25, -0.2) is 0 Å². The van der Waals surface area contributed by atoms with E-state index in [9.17, 15) is 0 Å². The molecule has 0 saturated carbocycles. The van der Waals surface area contributed by atoms with E-state index in [4.69, 9.17) is 0 Å². The number of hydrogen-bond donors (Lipinski definition) is 0. The van der Waals surface area contributed by atoms with Crippen molar-refractivity contribution in [3.8, 4) is 0 Å². The average Bonchev–Trinajstić information content (AvgIpc) is 2.40. The van der Waals surface area contributed by atoms with E-state index in [0.29, 0.717) is 0 Å². The molecule has 0 heterocycles. The lowest BCUT2D eigenvalue weighted by Gasteiger charge is -2.06. The van der Waals surface area contributed by atoms with Crippen molar-refractivity contribution < 1.29 is 0 Å². The van der Waals surface area contributed by atoms with Crippen molar-refractivity contribution in [2.45, 2.75) is 19.8 Å². The normalized spacial score (nSPS) is 11.5. The Hall–Kier alpha value is -1.82. The van der Waals surface area contributed by atoms with E-state index >= 15 is 0 Å². The lowest BCUT2D eigenvalue weighted by Crippen LogP contribution is -1.84. The first-order chi connectivity index (χ1) is 8.40. The first-order valence-corrected chi connectivity index (χ1v) is 6.21. The van der Waals surface area contributed by atoms with Crippen LogP contribution in [0.25, 0.3) is 11.6 Å². The molecule has 2 aromatic rings. The molecule has 0 unspecified atom stereocenters. The summed E-state index contributed by atoms with van der Waals surface area (Å²) in [6.07, 6.45) is 4.59. The van der Waals surface area contributed by atoms with Gasteiger partial charge in [-0.1, -0.05) is 80.1 Å². The molecule has 0 aromatic heterocycles. The Morgan fingerprint density at radius 1 is 0.882 bits per heavy atom. The summed E-state index contributed by atoms with van der Waals surface area (Å²) >= 11 is 0. The fourth-order valence-corrected chi connectivity index (χ4v) is 1.97. The third-order valence-electron chi connectivity index (χ3n) is 2.80. The third-order valence-corrected chi connectivity index (χ3v) is 2.80. The zero-order valence-electron chi connectivity index (χ0n) is 10.3. The Kier molecular flexibility index (Phi) is 4.15. The average molecular weight is 222 g/mol. The van der Waals surface area contributed by atoms with Gasteiger partial charge in [0.2, 0.25) is 0 Å². The quantitative estimate of drug-likeness (QED) is 0.637. The van der Waals surface area contributed by atoms with Crippen LogP contribution in [-0.4, -0.2) is 0 Å². The molecular formula is C17H18. The van der Waals surface area contributed by atoms with Gasteiger partial charge in [0.05, 0.1) is 0 Å². The molecule has 0 saturated heterocycles. The molecule has 0 bridgehead atoms. The van der Waals surface area contributed by atoms with Crippen molar-refractivity contribution in [2.75, 3.05) is 0 Å². The molecule has 2 rings (SSSR count). The van der Waals surface area contributed by atoms with E-state index in [2.05, 4.69) is 73.7 Å². The molecule has 2 aromatic carbocycles. The van der Waals surface area contributed by atoms with Gasteiger partial charge in [-0.3, -0.25) is 0 Å². The van der Waals surface area contributed by atoms with Crippen LogP contribution >= 0.6 is 0 Å². The topological polar surface area (TPSA) is 0 Å². The second-order valence-corrected chi connectivity index (χ2v) is 4.20. The van der Waals surface area contributed by atoms with Crippen molar-refractivity contribution in [1.29, 1.82) is 0 Å². The second kappa shape index (κ2) is 6.05. The number of benzene rings is 2. The van der Waals surface area contributed by atoms with Crippen molar-refractivity contribution in [1.82, 2.24) is 0 Å². The molecule has 86 valence electrons. The van der Waals surface area contributed by atoms with Crippen molar-refractivity contribution in [2.24, 2.45) is 0 Å². The fraction of sp³-hybridized carbons (Fsp3) is 0.176. The fourth-order valence-electron chi connectivity index (χ4n) is 1.97. The minimum Gasteiger partial charge on any atom is -0.0651 e. The van der Waals surface area contributed by atoms with Crippen LogP contribution in [0.1, 0.15) is 30.9 Å². The summed E-state index contributed by atoms with van der Waals surface area (Å²) in [5, 5.41) is 0. The van der Waals surface area contributed by atoms with Gasteiger partial charge in [0.15, 0.2) is 0 Å². The number of rotatable bonds is 4. The summed E-state index contributed by atoms with van der Waals surface area (Å²) in [6, 6.07) is 21.2. The van der Waals surface area contributed by atoms with Gasteiger partial charge in [0, 0.05) is 0 Å². The van der Waals surface area contributed by atoms with Crippen molar-refractivity contribution in [3.05, 3.63) is 71.8 Å². The Balaban J connectivity index is 2.33. The Labute approximate surface area is 104 Å². The molecule has 17 heavy (non-hydrogen) atoms. The van der Waals surface area contributed by atoms with Gasteiger partial charge in [-0.15, -0.1) is 0 Å². The number of allylic oxidation sites excluding steroid dienone is 1. The number of hydrogen-bond acceptors (Lipinski definition) is 0. The molecule has 0 aliphatic rings. The maximum atomic E-state index is 2.29. The minimum atomic E-state index is 1.12. The zero-order valence-corrected chi connectivity index (χ0v) is 10.3. The van der Waals surface area contributed by atoms with Crippen LogP contribution in [0.3, 0.4) is 0 Å². The highest BCUT2D eigenvalue weighted by Crippen LogP contribution is 2.22. The molecule has 0 atom stereocenters. The van der Waals surface area contributed by atoms with Crippen LogP contribution < -0.4 is 0 Å². The zero-order chi connectivity index (χ0) is 11.9. The lowest BCUT2D eigenvalue weighted by molar-refractivity contribution is 0.976. The molecule has 0 amide bonds. The monoisotopic (exact) mass is 222 g/mol. The van der Waals surface area contributed by atoms with E-state index in [1.807, 2.05) is 0 Å². The van der Waals surface area contributed by atoms with Gasteiger partial charge in [-0.2, -0.15) is 0 Å². The highest BCUT2D eigenvalue weighted by molar-refractivity contribution is 5.81. The molecule has 0 radical (unpaired) electrons. The van der Waals surface area contributed by atoms with Gasteiger partial charge in [0.1, 0.15) is 0 Å². The van der Waals surface area contributed by atoms with Gasteiger partial charge < -0.3 is 0 Å². The maximum absolute atomic E-state index is 2.29. The van der Waals surface area contributed by atoms with Gasteiger partial charge >= 0.3 is 0 Å². The predicted octanol–water partition coefficient (Wildman–Crippen LogP) is 5.03. The van der Waals surface area contributed by atoms with Crippen molar-refractivity contribution >= 4 is 11.6 Å². The third kappa shape index (κ3) is 3.32. The molecule has 0 fully saturated rings. The van der Waals surface area contributed by atoms with E-state index in [-0.39, 0.29) is 0 Å². The summed E-state index contributed by atoms with van der Waals surface area (Å²) in [7, 11) is 0. The molecule has 0 spiro atoms. The predicted molar refractivity (Wildman–Crippen MR) is 75.7 cm³/mol. The highest BCUT2D eigenvalue weighted by Gasteiger charge is 1.99. The highest BCUT2D eigenvalue weighted by atomic mass is 14.0. The smallest absolute Gasteiger partial charge is 0.0224 e. The van der Waals surface area contributed by atoms with E-state index < -0.39 is 0 Å². The summed E-state index contributed by atoms with van der Waals surface area (Å²) in [5.74, 6) is 0. The van der Waals surface area contributed by atoms with Crippen LogP contribution in [0.5, 0.6) is 0 Å². The largest absolute Gasteiger partial charge is 0.0651 e. The Bertz CT molecular complexity index is 466. The van der Waals surface area contributed by atoms with Crippen LogP contribution in [0.15, 0.2) is 60.7 Å². The van der Waals surface area contributed by atoms with Gasteiger partial charge in [-0.05, 0) is 23.1 Å². The second-order valence-electron chi connectivity index (χ2n) is 4.20. The van der Waals surface area contributed by atoms with Crippen LogP contribution in [0.4, 0.5) is 0 Å². The lowest BCUT2D eigenvalue weighted by atomic mass is 9.99. The van der Waals surface area contributed by atoms with Crippen LogP contribution in [0, 0.1) is 0 Å². The molecule has 0 aliphatic carbocycles. The Morgan fingerprint density at radius 2 is 1.47 bits per heavy atom. The van der Waals surface area contributed by atoms with E-state index in [1.54, 1.807) is 0 Å². The summed E-state index contributed by atoms with van der Waals surface area (Å²) in [5.41, 5.74) is 4.03.